The van der Waals surface area contributed by atoms with E-state index in [9.17, 15) is 4.79 Å². The van der Waals surface area contributed by atoms with Gasteiger partial charge in [-0.25, -0.2) is 0 Å². The van der Waals surface area contributed by atoms with Crippen molar-refractivity contribution >= 4 is 22.4 Å². The van der Waals surface area contributed by atoms with Crippen LogP contribution < -0.4 is 5.32 Å². The van der Waals surface area contributed by atoms with E-state index in [1.807, 2.05) is 13.8 Å². The maximum absolute atomic E-state index is 11.6. The average molecular weight is 227 g/mol. The molecule has 84 valence electrons. The third-order valence-corrected chi connectivity index (χ3v) is 3.15. The fourth-order valence-electron chi connectivity index (χ4n) is 1.24. The molecule has 0 fully saturated rings. The van der Waals surface area contributed by atoms with Crippen molar-refractivity contribution in [3.05, 3.63) is 5.01 Å². The van der Waals surface area contributed by atoms with Crippen molar-refractivity contribution in [2.75, 3.05) is 5.32 Å². The Morgan fingerprint density at radius 2 is 2.20 bits per heavy atom. The van der Waals surface area contributed by atoms with Crippen molar-refractivity contribution < 1.29 is 4.79 Å². The van der Waals surface area contributed by atoms with Crippen LogP contribution in [0.2, 0.25) is 0 Å². The molecule has 0 saturated heterocycles. The summed E-state index contributed by atoms with van der Waals surface area (Å²) in [5, 5.41) is 12.2. The molecule has 1 N–H and O–H groups in total. The molecule has 0 radical (unpaired) electrons. The number of carbonyl (C=O) groups excluding carboxylic acids is 1. The molecular weight excluding hydrogens is 210 g/mol. The molecule has 0 aliphatic carbocycles. The van der Waals surface area contributed by atoms with Crippen LogP contribution in [0.4, 0.5) is 5.13 Å². The third kappa shape index (κ3) is 3.58. The Balaban J connectivity index is 2.50. The minimum Gasteiger partial charge on any atom is -0.300 e. The number of hydrogen-bond acceptors (Lipinski definition) is 4. The van der Waals surface area contributed by atoms with Gasteiger partial charge >= 0.3 is 0 Å². The second-order valence-electron chi connectivity index (χ2n) is 3.53. The molecule has 1 amide bonds. The molecule has 1 heterocycles. The number of rotatable bonds is 5. The summed E-state index contributed by atoms with van der Waals surface area (Å²) in [4.78, 5) is 11.6. The van der Waals surface area contributed by atoms with Gasteiger partial charge in [-0.3, -0.25) is 4.79 Å². The standard InChI is InChI=1S/C10H17N3OS/c1-4-6-7(3)9(14)11-10-13-12-8(5-2)15-10/h7H,4-6H2,1-3H3,(H,11,13,14)/t7-/m0/s1. The molecule has 0 unspecified atom stereocenters. The predicted molar refractivity (Wildman–Crippen MR) is 62.0 cm³/mol. The van der Waals surface area contributed by atoms with E-state index >= 15 is 0 Å². The van der Waals surface area contributed by atoms with Gasteiger partial charge < -0.3 is 5.32 Å². The largest absolute Gasteiger partial charge is 0.300 e. The minimum absolute atomic E-state index is 0.0376. The van der Waals surface area contributed by atoms with E-state index in [4.69, 9.17) is 0 Å². The summed E-state index contributed by atoms with van der Waals surface area (Å²) in [7, 11) is 0. The number of aromatic nitrogens is 2. The Morgan fingerprint density at radius 3 is 2.73 bits per heavy atom. The Hall–Kier alpha value is -0.970. The van der Waals surface area contributed by atoms with Gasteiger partial charge in [0.05, 0.1) is 0 Å². The summed E-state index contributed by atoms with van der Waals surface area (Å²) in [6, 6.07) is 0. The number of carbonyl (C=O) groups is 1. The molecule has 0 bridgehead atoms. The molecule has 0 aliphatic heterocycles. The monoisotopic (exact) mass is 227 g/mol. The van der Waals surface area contributed by atoms with Crippen LogP contribution in [0.15, 0.2) is 0 Å². The van der Waals surface area contributed by atoms with Crippen molar-refractivity contribution in [2.45, 2.75) is 40.0 Å². The Kier molecular flexibility index (Phi) is 4.68. The quantitative estimate of drug-likeness (QED) is 0.840. The van der Waals surface area contributed by atoms with Crippen LogP contribution in [0.3, 0.4) is 0 Å². The zero-order valence-electron chi connectivity index (χ0n) is 9.41. The highest BCUT2D eigenvalue weighted by Crippen LogP contribution is 2.17. The van der Waals surface area contributed by atoms with E-state index < -0.39 is 0 Å². The summed E-state index contributed by atoms with van der Waals surface area (Å²) in [6.07, 6.45) is 2.79. The molecule has 0 spiro atoms. The molecule has 1 rings (SSSR count). The third-order valence-electron chi connectivity index (χ3n) is 2.17. The van der Waals surface area contributed by atoms with Crippen LogP contribution in [0, 0.1) is 5.92 Å². The van der Waals surface area contributed by atoms with Crippen LogP contribution in [0.1, 0.15) is 38.6 Å². The number of aryl methyl sites for hydroxylation is 1. The van der Waals surface area contributed by atoms with Gasteiger partial charge in [-0.05, 0) is 12.8 Å². The first-order valence-corrected chi connectivity index (χ1v) is 6.12. The average Bonchev–Trinajstić information content (AvgIpc) is 2.66. The van der Waals surface area contributed by atoms with E-state index in [0.29, 0.717) is 5.13 Å². The van der Waals surface area contributed by atoms with Crippen molar-refractivity contribution in [3.8, 4) is 0 Å². The highest BCUT2D eigenvalue weighted by Gasteiger charge is 2.13. The number of nitrogens with zero attached hydrogens (tertiary/aromatic N) is 2. The van der Waals surface area contributed by atoms with Gasteiger partial charge in [0, 0.05) is 5.92 Å². The van der Waals surface area contributed by atoms with Crippen LogP contribution in [0.25, 0.3) is 0 Å². The highest BCUT2D eigenvalue weighted by atomic mass is 32.1. The summed E-state index contributed by atoms with van der Waals surface area (Å²) < 4.78 is 0. The van der Waals surface area contributed by atoms with Crippen LogP contribution >= 0.6 is 11.3 Å². The van der Waals surface area contributed by atoms with Gasteiger partial charge in [0.1, 0.15) is 5.01 Å². The van der Waals surface area contributed by atoms with E-state index in [-0.39, 0.29) is 11.8 Å². The Morgan fingerprint density at radius 1 is 1.47 bits per heavy atom. The van der Waals surface area contributed by atoms with Gasteiger partial charge in [0.2, 0.25) is 11.0 Å². The van der Waals surface area contributed by atoms with E-state index in [1.54, 1.807) is 0 Å². The lowest BCUT2D eigenvalue weighted by atomic mass is 10.1. The maximum Gasteiger partial charge on any atom is 0.229 e. The van der Waals surface area contributed by atoms with Crippen molar-refractivity contribution in [2.24, 2.45) is 5.92 Å². The minimum atomic E-state index is 0.0376. The normalized spacial score (nSPS) is 12.5. The van der Waals surface area contributed by atoms with Crippen LogP contribution in [-0.2, 0) is 11.2 Å². The molecule has 1 atom stereocenters. The fraction of sp³-hybridized carbons (Fsp3) is 0.700. The lowest BCUT2D eigenvalue weighted by molar-refractivity contribution is -0.119. The molecule has 4 nitrogen and oxygen atoms in total. The first-order chi connectivity index (χ1) is 7.17. The SMILES string of the molecule is CCC[C@H](C)C(=O)Nc1nnc(CC)s1. The second-order valence-corrected chi connectivity index (χ2v) is 4.60. The molecule has 5 heteroatoms. The second kappa shape index (κ2) is 5.80. The Labute approximate surface area is 94.1 Å². The van der Waals surface area contributed by atoms with E-state index in [0.717, 1.165) is 24.3 Å². The Bertz CT molecular complexity index is 324. The van der Waals surface area contributed by atoms with Gasteiger partial charge in [0.15, 0.2) is 0 Å². The van der Waals surface area contributed by atoms with E-state index in [1.165, 1.54) is 11.3 Å². The highest BCUT2D eigenvalue weighted by molar-refractivity contribution is 7.15. The van der Waals surface area contributed by atoms with Crippen LogP contribution in [-0.4, -0.2) is 16.1 Å². The number of hydrogen-bond donors (Lipinski definition) is 1. The molecule has 1 aromatic rings. The number of anilines is 1. The molecule has 0 aliphatic rings. The zero-order valence-corrected chi connectivity index (χ0v) is 10.2. The zero-order chi connectivity index (χ0) is 11.3. The molecule has 1 aromatic heterocycles. The molecular formula is C10H17N3OS. The molecule has 0 aromatic carbocycles. The lowest BCUT2D eigenvalue weighted by Crippen LogP contribution is -2.20. The fourth-order valence-corrected chi connectivity index (χ4v) is 1.92. The van der Waals surface area contributed by atoms with Gasteiger partial charge in [-0.1, -0.05) is 38.5 Å². The molecule has 0 saturated carbocycles. The maximum atomic E-state index is 11.6. The van der Waals surface area contributed by atoms with Gasteiger partial charge in [-0.15, -0.1) is 10.2 Å². The molecule has 15 heavy (non-hydrogen) atoms. The summed E-state index contributed by atoms with van der Waals surface area (Å²) in [5.41, 5.74) is 0. The lowest BCUT2D eigenvalue weighted by Gasteiger charge is -2.07. The van der Waals surface area contributed by atoms with Crippen LogP contribution in [0.5, 0.6) is 0 Å². The first kappa shape index (κ1) is 12.1. The summed E-state index contributed by atoms with van der Waals surface area (Å²) in [6.45, 7) is 6.02. The van der Waals surface area contributed by atoms with Crippen molar-refractivity contribution in [1.29, 1.82) is 0 Å². The predicted octanol–water partition coefficient (Wildman–Crippen LogP) is 2.48. The van der Waals surface area contributed by atoms with E-state index in [2.05, 4.69) is 22.4 Å². The van der Waals surface area contributed by atoms with Crippen molar-refractivity contribution in [1.82, 2.24) is 10.2 Å². The summed E-state index contributed by atoms with van der Waals surface area (Å²) in [5.74, 6) is 0.0830. The van der Waals surface area contributed by atoms with Crippen molar-refractivity contribution in [3.63, 3.8) is 0 Å². The number of nitrogens with one attached hydrogen (secondary N) is 1. The number of amides is 1. The topological polar surface area (TPSA) is 54.9 Å². The smallest absolute Gasteiger partial charge is 0.229 e. The van der Waals surface area contributed by atoms with Gasteiger partial charge in [0.25, 0.3) is 0 Å². The first-order valence-electron chi connectivity index (χ1n) is 5.30. The van der Waals surface area contributed by atoms with Gasteiger partial charge in [-0.2, -0.15) is 0 Å². The summed E-state index contributed by atoms with van der Waals surface area (Å²) >= 11 is 1.44.